The van der Waals surface area contributed by atoms with Crippen molar-refractivity contribution in [3.8, 4) is 17.2 Å². The van der Waals surface area contributed by atoms with E-state index >= 15 is 0 Å². The van der Waals surface area contributed by atoms with Gasteiger partial charge in [-0.2, -0.15) is 0 Å². The zero-order valence-electron chi connectivity index (χ0n) is 19.9. The Hall–Kier alpha value is -2.94. The third-order valence-corrected chi connectivity index (χ3v) is 5.87. The van der Waals surface area contributed by atoms with Crippen LogP contribution in [0.3, 0.4) is 0 Å². The Kier molecular flexibility index (Phi) is 9.88. The van der Waals surface area contributed by atoms with E-state index in [2.05, 4.69) is 0 Å². The highest BCUT2D eigenvalue weighted by Gasteiger charge is 2.37. The van der Waals surface area contributed by atoms with E-state index in [-0.39, 0.29) is 44.4 Å². The van der Waals surface area contributed by atoms with Gasteiger partial charge in [0.15, 0.2) is 26.2 Å². The van der Waals surface area contributed by atoms with E-state index in [1.165, 1.54) is 7.11 Å². The van der Waals surface area contributed by atoms with Crippen LogP contribution in [0.5, 0.6) is 17.2 Å². The van der Waals surface area contributed by atoms with Crippen molar-refractivity contribution in [3.05, 3.63) is 53.1 Å². The minimum Gasteiger partial charge on any atom is -0.468 e. The Morgan fingerprint density at radius 3 is 2.18 bits per heavy atom. The minimum atomic E-state index is -0.225. The lowest BCUT2D eigenvalue weighted by Gasteiger charge is -2.24. The fraction of sp³-hybridized carbons (Fsp3) is 0.462. The third kappa shape index (κ3) is 6.34. The van der Waals surface area contributed by atoms with Crippen LogP contribution in [0.2, 0.25) is 0 Å². The molecule has 1 aliphatic rings. The standard InChI is InChI=1S/C26H32O8/c1-29-15-32-20-9-7-18(8-10-20)25(28)23-6-4-5-22(23)24-14-21(33-16-30-2)13-19(11-12-27)26(24)34-17-31-3/h7-10,12-14,22-23H,4-6,11,15-17H2,1-3H3/t22?,23-/m0/s1. The largest absolute Gasteiger partial charge is 0.468 e. The molecule has 3 rings (SSSR count). The lowest BCUT2D eigenvalue weighted by molar-refractivity contribution is -0.107. The summed E-state index contributed by atoms with van der Waals surface area (Å²) in [5.41, 5.74) is 2.16. The van der Waals surface area contributed by atoms with E-state index in [1.54, 1.807) is 44.6 Å². The fourth-order valence-electron chi connectivity index (χ4n) is 4.41. The molecule has 0 bridgehead atoms. The topological polar surface area (TPSA) is 89.5 Å². The number of hydrogen-bond donors (Lipinski definition) is 0. The molecule has 0 aliphatic heterocycles. The molecule has 1 saturated carbocycles. The van der Waals surface area contributed by atoms with E-state index in [0.29, 0.717) is 28.4 Å². The molecule has 1 unspecified atom stereocenters. The molecule has 2 atom stereocenters. The Morgan fingerprint density at radius 1 is 0.882 bits per heavy atom. The van der Waals surface area contributed by atoms with Crippen LogP contribution >= 0.6 is 0 Å². The van der Waals surface area contributed by atoms with Crippen LogP contribution in [0.4, 0.5) is 0 Å². The molecule has 2 aromatic rings. The molecule has 2 aromatic carbocycles. The molecular formula is C26H32O8. The Bertz CT molecular complexity index is 941. The summed E-state index contributed by atoms with van der Waals surface area (Å²) in [5, 5.41) is 0. The van der Waals surface area contributed by atoms with E-state index in [9.17, 15) is 9.59 Å². The fourth-order valence-corrected chi connectivity index (χ4v) is 4.41. The number of carbonyl (C=O) groups is 2. The molecule has 8 heteroatoms. The number of hydrogen-bond acceptors (Lipinski definition) is 8. The van der Waals surface area contributed by atoms with Gasteiger partial charge in [-0.05, 0) is 55.2 Å². The molecule has 0 saturated heterocycles. The van der Waals surface area contributed by atoms with Gasteiger partial charge >= 0.3 is 0 Å². The summed E-state index contributed by atoms with van der Waals surface area (Å²) in [6.07, 6.45) is 3.48. The Balaban J connectivity index is 1.94. The highest BCUT2D eigenvalue weighted by molar-refractivity contribution is 5.98. The normalized spacial score (nSPS) is 17.4. The quantitative estimate of drug-likeness (QED) is 0.230. The number of ketones is 1. The lowest BCUT2D eigenvalue weighted by Crippen LogP contribution is -2.19. The molecule has 0 amide bonds. The van der Waals surface area contributed by atoms with Crippen LogP contribution in [0.25, 0.3) is 0 Å². The highest BCUT2D eigenvalue weighted by atomic mass is 16.7. The highest BCUT2D eigenvalue weighted by Crippen LogP contribution is 2.47. The summed E-state index contributed by atoms with van der Waals surface area (Å²) in [6, 6.07) is 10.8. The van der Waals surface area contributed by atoms with Crippen molar-refractivity contribution < 1.29 is 38.0 Å². The first-order valence-electron chi connectivity index (χ1n) is 11.2. The number of methoxy groups -OCH3 is 3. The molecule has 0 heterocycles. The summed E-state index contributed by atoms with van der Waals surface area (Å²) in [7, 11) is 4.64. The van der Waals surface area contributed by atoms with E-state index in [1.807, 2.05) is 6.07 Å². The van der Waals surface area contributed by atoms with Crippen LogP contribution in [0.1, 0.15) is 46.7 Å². The van der Waals surface area contributed by atoms with Gasteiger partial charge in [-0.25, -0.2) is 0 Å². The van der Waals surface area contributed by atoms with Gasteiger partial charge in [0.1, 0.15) is 23.5 Å². The number of rotatable bonds is 14. The number of Topliss-reactive ketones (excluding diaryl/α,β-unsaturated/α-hetero) is 1. The van der Waals surface area contributed by atoms with Gasteiger partial charge < -0.3 is 33.2 Å². The van der Waals surface area contributed by atoms with Crippen molar-refractivity contribution in [2.75, 3.05) is 41.7 Å². The van der Waals surface area contributed by atoms with Gasteiger partial charge in [0.2, 0.25) is 0 Å². The third-order valence-electron chi connectivity index (χ3n) is 5.87. The van der Waals surface area contributed by atoms with Gasteiger partial charge in [-0.3, -0.25) is 4.79 Å². The maximum absolute atomic E-state index is 13.5. The zero-order chi connectivity index (χ0) is 24.3. The maximum Gasteiger partial charge on any atom is 0.188 e. The molecule has 8 nitrogen and oxygen atoms in total. The van der Waals surface area contributed by atoms with Crippen LogP contribution in [-0.4, -0.2) is 53.8 Å². The van der Waals surface area contributed by atoms with E-state index in [0.717, 1.165) is 31.1 Å². The van der Waals surface area contributed by atoms with Crippen LogP contribution in [0.15, 0.2) is 36.4 Å². The second-order valence-corrected chi connectivity index (χ2v) is 8.06. The summed E-state index contributed by atoms with van der Waals surface area (Å²) in [4.78, 5) is 24.9. The van der Waals surface area contributed by atoms with E-state index < -0.39 is 0 Å². The molecule has 0 N–H and O–H groups in total. The number of aldehydes is 1. The molecule has 0 spiro atoms. The van der Waals surface area contributed by atoms with Crippen LogP contribution in [-0.2, 0) is 25.4 Å². The Labute approximate surface area is 200 Å². The SMILES string of the molecule is COCOc1ccc(C(=O)[C@H]2CCCC2c2cc(OCOC)cc(CC=O)c2OCOC)cc1. The van der Waals surface area contributed by atoms with Gasteiger partial charge in [-0.15, -0.1) is 0 Å². The maximum atomic E-state index is 13.5. The average molecular weight is 473 g/mol. The zero-order valence-corrected chi connectivity index (χ0v) is 19.9. The summed E-state index contributed by atoms with van der Waals surface area (Å²) in [5.74, 6) is 1.54. The van der Waals surface area contributed by atoms with Gasteiger partial charge in [-0.1, -0.05) is 6.42 Å². The molecular weight excluding hydrogens is 440 g/mol. The van der Waals surface area contributed by atoms with Crippen molar-refractivity contribution in [1.29, 1.82) is 0 Å². The molecule has 0 radical (unpaired) electrons. The van der Waals surface area contributed by atoms with Crippen LogP contribution < -0.4 is 14.2 Å². The predicted octanol–water partition coefficient (Wildman–Crippen LogP) is 4.14. The summed E-state index contributed by atoms with van der Waals surface area (Å²) < 4.78 is 32.1. The lowest BCUT2D eigenvalue weighted by atomic mass is 9.82. The molecule has 184 valence electrons. The smallest absolute Gasteiger partial charge is 0.188 e. The molecule has 0 aromatic heterocycles. The van der Waals surface area contributed by atoms with Crippen molar-refractivity contribution >= 4 is 12.1 Å². The predicted molar refractivity (Wildman–Crippen MR) is 125 cm³/mol. The van der Waals surface area contributed by atoms with Crippen LogP contribution in [0, 0.1) is 5.92 Å². The number of carbonyl (C=O) groups excluding carboxylic acids is 2. The second-order valence-electron chi connectivity index (χ2n) is 8.06. The number of benzene rings is 2. The van der Waals surface area contributed by atoms with E-state index in [4.69, 9.17) is 28.4 Å². The number of ether oxygens (including phenoxy) is 6. The Morgan fingerprint density at radius 2 is 1.53 bits per heavy atom. The van der Waals surface area contributed by atoms with Gasteiger partial charge in [0.05, 0.1) is 0 Å². The van der Waals surface area contributed by atoms with Gasteiger partial charge in [0.25, 0.3) is 0 Å². The summed E-state index contributed by atoms with van der Waals surface area (Å²) >= 11 is 0. The molecule has 1 fully saturated rings. The second kappa shape index (κ2) is 13.1. The molecule has 34 heavy (non-hydrogen) atoms. The first-order valence-corrected chi connectivity index (χ1v) is 11.2. The molecule has 1 aliphatic carbocycles. The first-order chi connectivity index (χ1) is 16.6. The summed E-state index contributed by atoms with van der Waals surface area (Å²) in [6.45, 7) is 0.251. The average Bonchev–Trinajstić information content (AvgIpc) is 3.35. The monoisotopic (exact) mass is 472 g/mol. The van der Waals surface area contributed by atoms with Crippen molar-refractivity contribution in [2.45, 2.75) is 31.6 Å². The van der Waals surface area contributed by atoms with Crippen molar-refractivity contribution in [3.63, 3.8) is 0 Å². The first kappa shape index (κ1) is 25.7. The minimum absolute atomic E-state index is 0.0331. The van der Waals surface area contributed by atoms with Crippen molar-refractivity contribution in [1.82, 2.24) is 0 Å². The van der Waals surface area contributed by atoms with Crippen molar-refractivity contribution in [2.24, 2.45) is 5.92 Å². The van der Waals surface area contributed by atoms with Gasteiger partial charge in [0, 0.05) is 50.4 Å².